The number of nitrogens with zero attached hydrogens (tertiary/aromatic N) is 2. The number of rotatable bonds is 4. The summed E-state index contributed by atoms with van der Waals surface area (Å²) in [7, 11) is 3.13. The molecule has 1 aliphatic rings. The second-order valence-electron chi connectivity index (χ2n) is 5.60. The van der Waals surface area contributed by atoms with E-state index in [2.05, 4.69) is 0 Å². The fourth-order valence-electron chi connectivity index (χ4n) is 2.83. The van der Waals surface area contributed by atoms with Crippen molar-refractivity contribution in [3.63, 3.8) is 0 Å². The summed E-state index contributed by atoms with van der Waals surface area (Å²) in [5.41, 5.74) is 1.35. The van der Waals surface area contributed by atoms with Gasteiger partial charge >= 0.3 is 0 Å². The van der Waals surface area contributed by atoms with Crippen molar-refractivity contribution >= 4 is 17.9 Å². The zero-order chi connectivity index (χ0) is 17.7. The number of benzene rings is 1. The number of carbonyl (C=O) groups is 2. The lowest BCUT2D eigenvalue weighted by molar-refractivity contribution is -0.130. The first-order valence-electron chi connectivity index (χ1n) is 7.95. The van der Waals surface area contributed by atoms with Gasteiger partial charge in [0.05, 0.1) is 14.2 Å². The molecule has 0 bridgehead atoms. The average Bonchev–Trinajstić information content (AvgIpc) is 2.60. The molecular formula is C18H24N2O4. The topological polar surface area (TPSA) is 59.1 Å². The maximum absolute atomic E-state index is 12.8. The van der Waals surface area contributed by atoms with Crippen LogP contribution in [0.5, 0.6) is 11.5 Å². The molecule has 24 heavy (non-hydrogen) atoms. The number of piperazine rings is 1. The molecule has 0 spiro atoms. The maximum Gasteiger partial charge on any atom is 0.254 e. The molecule has 0 saturated carbocycles. The summed E-state index contributed by atoms with van der Waals surface area (Å²) in [5.74, 6) is 1.11. The Labute approximate surface area is 142 Å². The smallest absolute Gasteiger partial charge is 0.254 e. The first-order valence-corrected chi connectivity index (χ1v) is 7.95. The number of allylic oxidation sites excluding steroid dienone is 1. The SMILES string of the molecule is C/C=C/c1cc(C(=O)N2CCN(C(C)=O)CC2)cc(OC)c1OC. The minimum atomic E-state index is -0.0649. The minimum Gasteiger partial charge on any atom is -0.493 e. The zero-order valence-corrected chi connectivity index (χ0v) is 14.7. The van der Waals surface area contributed by atoms with E-state index in [9.17, 15) is 9.59 Å². The number of hydrogen-bond acceptors (Lipinski definition) is 4. The quantitative estimate of drug-likeness (QED) is 0.847. The van der Waals surface area contributed by atoms with Gasteiger partial charge in [-0.1, -0.05) is 12.2 Å². The highest BCUT2D eigenvalue weighted by Gasteiger charge is 2.24. The highest BCUT2D eigenvalue weighted by atomic mass is 16.5. The fraction of sp³-hybridized carbons (Fsp3) is 0.444. The fourth-order valence-corrected chi connectivity index (χ4v) is 2.83. The summed E-state index contributed by atoms with van der Waals surface area (Å²) in [5, 5.41) is 0. The Bertz CT molecular complexity index is 647. The van der Waals surface area contributed by atoms with Crippen LogP contribution in [-0.4, -0.2) is 62.0 Å². The summed E-state index contributed by atoms with van der Waals surface area (Å²) < 4.78 is 10.8. The lowest BCUT2D eigenvalue weighted by atomic mass is 10.1. The molecule has 1 saturated heterocycles. The monoisotopic (exact) mass is 332 g/mol. The van der Waals surface area contributed by atoms with Crippen LogP contribution in [0.15, 0.2) is 18.2 Å². The van der Waals surface area contributed by atoms with Crippen molar-refractivity contribution < 1.29 is 19.1 Å². The molecular weight excluding hydrogens is 308 g/mol. The molecule has 6 nitrogen and oxygen atoms in total. The molecule has 1 aromatic rings. The summed E-state index contributed by atoms with van der Waals surface area (Å²) in [4.78, 5) is 27.7. The molecule has 6 heteroatoms. The molecule has 0 aromatic heterocycles. The van der Waals surface area contributed by atoms with Crippen LogP contribution in [0, 0.1) is 0 Å². The normalized spacial score (nSPS) is 14.8. The van der Waals surface area contributed by atoms with Crippen LogP contribution in [0.2, 0.25) is 0 Å². The molecule has 0 radical (unpaired) electrons. The van der Waals surface area contributed by atoms with Gasteiger partial charge in [0.2, 0.25) is 5.91 Å². The lowest BCUT2D eigenvalue weighted by Gasteiger charge is -2.34. The third kappa shape index (κ3) is 3.69. The van der Waals surface area contributed by atoms with Crippen molar-refractivity contribution in [3.8, 4) is 11.5 Å². The number of hydrogen-bond donors (Lipinski definition) is 0. The average molecular weight is 332 g/mol. The van der Waals surface area contributed by atoms with E-state index in [1.54, 1.807) is 43.1 Å². The molecule has 2 amide bonds. The van der Waals surface area contributed by atoms with Gasteiger partial charge in [0.15, 0.2) is 11.5 Å². The molecule has 0 aliphatic carbocycles. The molecule has 0 unspecified atom stereocenters. The van der Waals surface area contributed by atoms with Gasteiger partial charge in [-0.25, -0.2) is 0 Å². The highest BCUT2D eigenvalue weighted by Crippen LogP contribution is 2.34. The van der Waals surface area contributed by atoms with E-state index in [1.165, 1.54) is 0 Å². The maximum atomic E-state index is 12.8. The van der Waals surface area contributed by atoms with Crippen LogP contribution in [0.1, 0.15) is 29.8 Å². The Kier molecular flexibility index (Phi) is 5.84. The second kappa shape index (κ2) is 7.86. The molecule has 130 valence electrons. The Morgan fingerprint density at radius 3 is 2.17 bits per heavy atom. The van der Waals surface area contributed by atoms with E-state index < -0.39 is 0 Å². The van der Waals surface area contributed by atoms with E-state index in [0.717, 1.165) is 5.56 Å². The first-order chi connectivity index (χ1) is 11.5. The van der Waals surface area contributed by atoms with Gasteiger partial charge in [-0.2, -0.15) is 0 Å². The molecule has 1 fully saturated rings. The number of methoxy groups -OCH3 is 2. The van der Waals surface area contributed by atoms with Crippen LogP contribution in [0.25, 0.3) is 6.08 Å². The van der Waals surface area contributed by atoms with Crippen molar-refractivity contribution in [3.05, 3.63) is 29.3 Å². The van der Waals surface area contributed by atoms with Crippen molar-refractivity contribution in [2.75, 3.05) is 40.4 Å². The van der Waals surface area contributed by atoms with E-state index in [1.807, 2.05) is 19.1 Å². The van der Waals surface area contributed by atoms with Crippen molar-refractivity contribution in [2.24, 2.45) is 0 Å². The minimum absolute atomic E-state index is 0.0450. The molecule has 1 aromatic carbocycles. The van der Waals surface area contributed by atoms with E-state index in [0.29, 0.717) is 43.2 Å². The predicted octanol–water partition coefficient (Wildman–Crippen LogP) is 2.04. The Balaban J connectivity index is 2.26. The third-order valence-corrected chi connectivity index (χ3v) is 4.11. The number of carbonyl (C=O) groups excluding carboxylic acids is 2. The molecule has 0 atom stereocenters. The summed E-state index contributed by atoms with van der Waals surface area (Å²) in [6.45, 7) is 5.65. The Morgan fingerprint density at radius 2 is 1.67 bits per heavy atom. The van der Waals surface area contributed by atoms with Gasteiger partial charge in [-0.05, 0) is 19.1 Å². The van der Waals surface area contributed by atoms with Gasteiger partial charge in [0.25, 0.3) is 5.91 Å². The third-order valence-electron chi connectivity index (χ3n) is 4.11. The highest BCUT2D eigenvalue weighted by molar-refractivity contribution is 5.96. The van der Waals surface area contributed by atoms with Crippen molar-refractivity contribution in [1.82, 2.24) is 9.80 Å². The predicted molar refractivity (Wildman–Crippen MR) is 92.4 cm³/mol. The Hall–Kier alpha value is -2.50. The largest absolute Gasteiger partial charge is 0.493 e. The molecule has 1 aliphatic heterocycles. The lowest BCUT2D eigenvalue weighted by Crippen LogP contribution is -2.50. The van der Waals surface area contributed by atoms with Gasteiger partial charge in [-0.15, -0.1) is 0 Å². The van der Waals surface area contributed by atoms with Crippen LogP contribution in [0.4, 0.5) is 0 Å². The zero-order valence-electron chi connectivity index (χ0n) is 14.7. The summed E-state index contributed by atoms with van der Waals surface area (Å²) >= 11 is 0. The number of ether oxygens (including phenoxy) is 2. The van der Waals surface area contributed by atoms with Gasteiger partial charge < -0.3 is 19.3 Å². The van der Waals surface area contributed by atoms with Gasteiger partial charge in [0.1, 0.15) is 0 Å². The summed E-state index contributed by atoms with van der Waals surface area (Å²) in [6, 6.07) is 3.51. The van der Waals surface area contributed by atoms with Crippen LogP contribution < -0.4 is 9.47 Å². The second-order valence-corrected chi connectivity index (χ2v) is 5.60. The molecule has 0 N–H and O–H groups in total. The molecule has 1 heterocycles. The van der Waals surface area contributed by atoms with Gasteiger partial charge in [-0.3, -0.25) is 9.59 Å². The van der Waals surface area contributed by atoms with Crippen molar-refractivity contribution in [2.45, 2.75) is 13.8 Å². The van der Waals surface area contributed by atoms with Crippen LogP contribution in [-0.2, 0) is 4.79 Å². The first kappa shape index (κ1) is 17.8. The Morgan fingerprint density at radius 1 is 1.04 bits per heavy atom. The number of amides is 2. The summed E-state index contributed by atoms with van der Waals surface area (Å²) in [6.07, 6.45) is 3.77. The van der Waals surface area contributed by atoms with Crippen molar-refractivity contribution in [1.29, 1.82) is 0 Å². The van der Waals surface area contributed by atoms with E-state index in [-0.39, 0.29) is 11.8 Å². The van der Waals surface area contributed by atoms with E-state index in [4.69, 9.17) is 9.47 Å². The standard InChI is InChI=1S/C18H24N2O4/c1-5-6-14-11-15(12-16(23-3)17(14)24-4)18(22)20-9-7-19(8-10-20)13(2)21/h5-6,11-12H,7-10H2,1-4H3/b6-5+. The van der Waals surface area contributed by atoms with Crippen LogP contribution in [0.3, 0.4) is 0 Å². The molecule has 2 rings (SSSR count). The van der Waals surface area contributed by atoms with E-state index >= 15 is 0 Å². The van der Waals surface area contributed by atoms with Crippen LogP contribution >= 0.6 is 0 Å². The van der Waals surface area contributed by atoms with Gasteiger partial charge in [0, 0.05) is 44.2 Å².